The van der Waals surface area contributed by atoms with E-state index in [1.165, 1.54) is 124 Å². The minimum absolute atomic E-state index is 0.0743. The molecule has 0 heterocycles. The van der Waals surface area contributed by atoms with Crippen molar-refractivity contribution in [3.63, 3.8) is 0 Å². The molecular weight excluding hydrogens is 783 g/mol. The fourth-order valence-electron chi connectivity index (χ4n) is 16.2. The van der Waals surface area contributed by atoms with Gasteiger partial charge in [-0.15, -0.1) is 0 Å². The van der Waals surface area contributed by atoms with Gasteiger partial charge in [0.25, 0.3) is 0 Å². The molecule has 5 aromatic carbocycles. The Morgan fingerprint density at radius 3 is 1.38 bits per heavy atom. The summed E-state index contributed by atoms with van der Waals surface area (Å²) in [6, 6.07) is 38.2. The van der Waals surface area contributed by atoms with Gasteiger partial charge in [-0.25, -0.2) is 0 Å². The standard InChI is InChI=1S/C64H77N/c1-57(2,3)41-29-40(30-42(32-41)58(4,5)6)39-15-19-47-48-20-16-44(34-52(48)64(51(47)31-39)55-28-38-27-43-33-56(64)63(43,55)37-38)65(45-17-21-49-53(35-45)61(11,12)25-23-59(49,7)8)46-18-22-50-54(36-46)62(13,14)26-24-60(50,9)10/h15-22,29-32,34-36,38,43,55-56H,23-28,33,37H2,1-14H3. The fraction of sp³-hybridized carbons (Fsp3) is 0.531. The van der Waals surface area contributed by atoms with Crippen molar-refractivity contribution in [3.05, 3.63) is 136 Å². The summed E-state index contributed by atoms with van der Waals surface area (Å²) in [5.74, 6) is 3.33. The molecule has 0 radical (unpaired) electrons. The van der Waals surface area contributed by atoms with E-state index in [1.807, 2.05) is 0 Å². The fourth-order valence-corrected chi connectivity index (χ4v) is 16.2. The molecule has 12 rings (SSSR count). The number of rotatable bonds is 4. The SMILES string of the molecule is CC(C)(C)c1cc(-c2ccc3c(c2)C2(c4cc(N(c5ccc6c(c5)C(C)(C)CCC6(C)C)c5ccc6c(c5)C(C)(C)CCC6(C)C)ccc4-3)C3CC4CC5CC2C53C4)cc(C(C)(C)C)c1. The molecule has 5 aromatic rings. The highest BCUT2D eigenvalue weighted by Crippen LogP contribution is 2.89. The molecule has 0 N–H and O–H groups in total. The van der Waals surface area contributed by atoms with Crippen molar-refractivity contribution >= 4 is 17.1 Å². The van der Waals surface area contributed by atoms with E-state index in [2.05, 4.69) is 193 Å². The van der Waals surface area contributed by atoms with Crippen LogP contribution in [0.2, 0.25) is 0 Å². The van der Waals surface area contributed by atoms with Crippen LogP contribution < -0.4 is 4.90 Å². The Morgan fingerprint density at radius 1 is 0.431 bits per heavy atom. The van der Waals surface area contributed by atoms with Crippen LogP contribution in [0.3, 0.4) is 0 Å². The van der Waals surface area contributed by atoms with Crippen molar-refractivity contribution in [2.75, 3.05) is 4.90 Å². The summed E-state index contributed by atoms with van der Waals surface area (Å²) in [5, 5.41) is 0. The van der Waals surface area contributed by atoms with Crippen molar-refractivity contribution < 1.29 is 0 Å². The van der Waals surface area contributed by atoms with E-state index in [-0.39, 0.29) is 37.9 Å². The minimum atomic E-state index is 0.0743. The first-order chi connectivity index (χ1) is 30.4. The van der Waals surface area contributed by atoms with Gasteiger partial charge < -0.3 is 4.90 Å². The van der Waals surface area contributed by atoms with Crippen molar-refractivity contribution in [1.82, 2.24) is 0 Å². The number of hydrogen-bond donors (Lipinski definition) is 0. The quantitative estimate of drug-likeness (QED) is 0.174. The smallest absolute Gasteiger partial charge is 0.0465 e. The van der Waals surface area contributed by atoms with E-state index in [0.29, 0.717) is 5.41 Å². The second-order valence-electron chi connectivity index (χ2n) is 27.7. The highest BCUT2D eigenvalue weighted by Gasteiger charge is 2.84. The summed E-state index contributed by atoms with van der Waals surface area (Å²) in [4.78, 5) is 2.68. The van der Waals surface area contributed by atoms with Crippen LogP contribution in [-0.4, -0.2) is 0 Å². The van der Waals surface area contributed by atoms with Gasteiger partial charge in [-0.05, 0) is 222 Å². The van der Waals surface area contributed by atoms with Gasteiger partial charge in [0.2, 0.25) is 0 Å². The summed E-state index contributed by atoms with van der Waals surface area (Å²) in [5.41, 5.74) is 23.4. The largest absolute Gasteiger partial charge is 0.310 e. The molecular formula is C64H77N. The minimum Gasteiger partial charge on any atom is -0.310 e. The Hall–Kier alpha value is -4.10. The third kappa shape index (κ3) is 5.63. The zero-order valence-electron chi connectivity index (χ0n) is 42.6. The van der Waals surface area contributed by atoms with Crippen molar-refractivity contribution in [2.24, 2.45) is 29.1 Å². The summed E-state index contributed by atoms with van der Waals surface area (Å²) >= 11 is 0. The van der Waals surface area contributed by atoms with Crippen LogP contribution in [0.15, 0.2) is 91.0 Å². The maximum Gasteiger partial charge on any atom is 0.0465 e. The zero-order valence-corrected chi connectivity index (χ0v) is 42.6. The Kier molecular flexibility index (Phi) is 8.39. The maximum absolute atomic E-state index is 2.74. The summed E-state index contributed by atoms with van der Waals surface area (Å²) < 4.78 is 0. The van der Waals surface area contributed by atoms with Crippen molar-refractivity contribution in [3.8, 4) is 22.3 Å². The van der Waals surface area contributed by atoms with Crippen LogP contribution in [0.4, 0.5) is 17.1 Å². The predicted molar refractivity (Wildman–Crippen MR) is 276 cm³/mol. The Labute approximate surface area is 393 Å². The lowest BCUT2D eigenvalue weighted by molar-refractivity contribution is -0.231. The average molecular weight is 860 g/mol. The number of benzene rings is 5. The van der Waals surface area contributed by atoms with E-state index in [1.54, 1.807) is 11.1 Å². The lowest BCUT2D eigenvalue weighted by Gasteiger charge is -2.76. The summed E-state index contributed by atoms with van der Waals surface area (Å²) in [7, 11) is 0. The maximum atomic E-state index is 2.74. The molecule has 7 aliphatic carbocycles. The second-order valence-corrected chi connectivity index (χ2v) is 27.7. The molecule has 6 atom stereocenters. The zero-order chi connectivity index (χ0) is 45.8. The highest BCUT2D eigenvalue weighted by molar-refractivity contribution is 5.89. The van der Waals surface area contributed by atoms with Gasteiger partial charge in [0.05, 0.1) is 0 Å². The molecule has 0 amide bonds. The lowest BCUT2D eigenvalue weighted by Crippen LogP contribution is -2.73. The third-order valence-electron chi connectivity index (χ3n) is 20.2. The van der Waals surface area contributed by atoms with Gasteiger partial charge in [0.15, 0.2) is 0 Å². The van der Waals surface area contributed by atoms with Gasteiger partial charge >= 0.3 is 0 Å². The molecule has 4 saturated carbocycles. The molecule has 2 spiro atoms. The molecule has 7 aliphatic rings. The van der Waals surface area contributed by atoms with Crippen LogP contribution in [0.25, 0.3) is 22.3 Å². The van der Waals surface area contributed by atoms with E-state index in [0.717, 1.165) is 23.7 Å². The number of nitrogens with zero attached hydrogens (tertiary/aromatic N) is 1. The highest BCUT2D eigenvalue weighted by atomic mass is 15.1. The van der Waals surface area contributed by atoms with Crippen LogP contribution in [-0.2, 0) is 37.9 Å². The average Bonchev–Trinajstić information content (AvgIpc) is 3.87. The van der Waals surface area contributed by atoms with E-state index < -0.39 is 0 Å². The first-order valence-corrected chi connectivity index (χ1v) is 25.9. The molecule has 65 heavy (non-hydrogen) atoms. The number of hydrogen-bond acceptors (Lipinski definition) is 1. The Morgan fingerprint density at radius 2 is 0.877 bits per heavy atom. The number of anilines is 3. The molecule has 1 nitrogen and oxygen atoms in total. The van der Waals surface area contributed by atoms with Gasteiger partial charge in [-0.1, -0.05) is 145 Å². The molecule has 0 aromatic heterocycles. The molecule has 0 aliphatic heterocycles. The lowest BCUT2D eigenvalue weighted by atomic mass is 9.27. The Bertz CT molecular complexity index is 2730. The second kappa shape index (κ2) is 12.9. The van der Waals surface area contributed by atoms with E-state index >= 15 is 0 Å². The molecule has 338 valence electrons. The van der Waals surface area contributed by atoms with Crippen LogP contribution in [0, 0.1) is 29.1 Å². The first kappa shape index (κ1) is 42.3. The molecule has 1 heteroatoms. The molecule has 0 saturated heterocycles. The predicted octanol–water partition coefficient (Wildman–Crippen LogP) is 17.4. The first-order valence-electron chi connectivity index (χ1n) is 25.9. The van der Waals surface area contributed by atoms with Crippen LogP contribution in [0.5, 0.6) is 0 Å². The van der Waals surface area contributed by atoms with Gasteiger partial charge in [-0.2, -0.15) is 0 Å². The molecule has 2 bridgehead atoms. The van der Waals surface area contributed by atoms with Crippen LogP contribution >= 0.6 is 0 Å². The van der Waals surface area contributed by atoms with Crippen molar-refractivity contribution in [1.29, 1.82) is 0 Å². The van der Waals surface area contributed by atoms with Crippen molar-refractivity contribution in [2.45, 2.75) is 186 Å². The molecule has 6 unspecified atom stereocenters. The number of fused-ring (bicyclic) bond motifs is 10. The Balaban J connectivity index is 1.07. The molecule has 4 fully saturated rings. The van der Waals surface area contributed by atoms with Crippen LogP contribution in [0.1, 0.15) is 193 Å². The van der Waals surface area contributed by atoms with E-state index in [9.17, 15) is 0 Å². The van der Waals surface area contributed by atoms with Gasteiger partial charge in [0.1, 0.15) is 0 Å². The topological polar surface area (TPSA) is 3.24 Å². The van der Waals surface area contributed by atoms with E-state index in [4.69, 9.17) is 0 Å². The van der Waals surface area contributed by atoms with Gasteiger partial charge in [0, 0.05) is 22.5 Å². The van der Waals surface area contributed by atoms with Gasteiger partial charge in [-0.3, -0.25) is 0 Å². The third-order valence-corrected chi connectivity index (χ3v) is 20.2. The monoisotopic (exact) mass is 860 g/mol. The summed E-state index contributed by atoms with van der Waals surface area (Å²) in [6.45, 7) is 34.1. The normalized spacial score (nSPS) is 29.8. The summed E-state index contributed by atoms with van der Waals surface area (Å²) in [6.07, 6.45) is 10.7.